The second kappa shape index (κ2) is 6.65. The van der Waals surface area contributed by atoms with Gasteiger partial charge in [0, 0.05) is 0 Å². The molecule has 0 N–H and O–H groups in total. The zero-order valence-electron chi connectivity index (χ0n) is 14.4. The van der Waals surface area contributed by atoms with Gasteiger partial charge in [0.2, 0.25) is 0 Å². The Morgan fingerprint density at radius 3 is 2.04 bits per heavy atom. The van der Waals surface area contributed by atoms with Crippen LogP contribution in [0.4, 0.5) is 0 Å². The van der Waals surface area contributed by atoms with Gasteiger partial charge in [-0.25, -0.2) is 0 Å². The molecule has 0 heterocycles. The van der Waals surface area contributed by atoms with Gasteiger partial charge in [0.05, 0.1) is 0 Å². The van der Waals surface area contributed by atoms with E-state index in [1.54, 1.807) is 11.1 Å². The highest BCUT2D eigenvalue weighted by Crippen LogP contribution is 2.40. The van der Waals surface area contributed by atoms with Crippen molar-refractivity contribution in [1.82, 2.24) is 0 Å². The molecule has 1 aliphatic rings. The van der Waals surface area contributed by atoms with E-state index in [2.05, 4.69) is 73.7 Å². The van der Waals surface area contributed by atoms with Crippen LogP contribution in [0.25, 0.3) is 22.3 Å². The van der Waals surface area contributed by atoms with Crippen LogP contribution in [0.2, 0.25) is 0 Å². The Kier molecular flexibility index (Phi) is 4.21. The molecule has 0 radical (unpaired) electrons. The normalized spacial score (nSPS) is 13.5. The van der Waals surface area contributed by atoms with Crippen molar-refractivity contribution < 1.29 is 0 Å². The Balaban J connectivity index is 2.03. The average molecular weight is 312 g/mol. The molecule has 1 aliphatic carbocycles. The fraction of sp³-hybridized carbons (Fsp3) is 0.250. The Morgan fingerprint density at radius 1 is 0.750 bits per heavy atom. The van der Waals surface area contributed by atoms with E-state index in [4.69, 9.17) is 0 Å². The minimum atomic E-state index is 1.07. The Bertz CT molecular complexity index is 829. The molecule has 0 saturated heterocycles. The largest absolute Gasteiger partial charge is 0.0622 e. The molecule has 0 aliphatic heterocycles. The van der Waals surface area contributed by atoms with Crippen molar-refractivity contribution in [3.05, 3.63) is 83.4 Å². The molecule has 3 aromatic carbocycles. The minimum absolute atomic E-state index is 1.07. The van der Waals surface area contributed by atoms with Crippen molar-refractivity contribution >= 4 is 0 Å². The van der Waals surface area contributed by atoms with Crippen LogP contribution in [-0.4, -0.2) is 0 Å². The molecule has 3 aromatic rings. The summed E-state index contributed by atoms with van der Waals surface area (Å²) in [7, 11) is 0. The smallest absolute Gasteiger partial charge is 0.0111 e. The van der Waals surface area contributed by atoms with Crippen LogP contribution in [0.5, 0.6) is 0 Å². The molecule has 0 spiro atoms. The highest BCUT2D eigenvalue weighted by Gasteiger charge is 2.20. The first kappa shape index (κ1) is 15.2. The van der Waals surface area contributed by atoms with Gasteiger partial charge in [-0.1, -0.05) is 73.7 Å². The van der Waals surface area contributed by atoms with Crippen LogP contribution in [0, 0.1) is 0 Å². The third kappa shape index (κ3) is 2.67. The molecule has 0 aromatic heterocycles. The maximum Gasteiger partial charge on any atom is -0.0111 e. The molecule has 0 amide bonds. The predicted molar refractivity (Wildman–Crippen MR) is 103 cm³/mol. The van der Waals surface area contributed by atoms with Crippen molar-refractivity contribution in [1.29, 1.82) is 0 Å². The summed E-state index contributed by atoms with van der Waals surface area (Å²) in [6.07, 6.45) is 6.16. The molecule has 120 valence electrons. The van der Waals surface area contributed by atoms with Crippen molar-refractivity contribution in [3.63, 3.8) is 0 Å². The van der Waals surface area contributed by atoms with E-state index >= 15 is 0 Å². The van der Waals surface area contributed by atoms with Crippen molar-refractivity contribution in [2.45, 2.75) is 39.0 Å². The highest BCUT2D eigenvalue weighted by molar-refractivity contribution is 5.82. The monoisotopic (exact) mass is 312 g/mol. The summed E-state index contributed by atoms with van der Waals surface area (Å²) in [4.78, 5) is 0. The quantitative estimate of drug-likeness (QED) is 0.520. The molecule has 0 fully saturated rings. The maximum absolute atomic E-state index is 2.48. The molecule has 0 atom stereocenters. The van der Waals surface area contributed by atoms with Gasteiger partial charge in [-0.05, 0) is 71.0 Å². The van der Waals surface area contributed by atoms with Crippen LogP contribution in [-0.2, 0) is 19.3 Å². The summed E-state index contributed by atoms with van der Waals surface area (Å²) < 4.78 is 0. The summed E-state index contributed by atoms with van der Waals surface area (Å²) in [5, 5.41) is 0. The summed E-state index contributed by atoms with van der Waals surface area (Å²) in [6.45, 7) is 2.30. The average Bonchev–Trinajstić information content (AvgIpc) is 2.67. The van der Waals surface area contributed by atoms with E-state index < -0.39 is 0 Å². The molecular weight excluding hydrogens is 288 g/mol. The molecule has 0 saturated carbocycles. The van der Waals surface area contributed by atoms with Crippen LogP contribution in [0.1, 0.15) is 36.5 Å². The fourth-order valence-electron chi connectivity index (χ4n) is 4.15. The number of hydrogen-bond donors (Lipinski definition) is 0. The first-order valence-corrected chi connectivity index (χ1v) is 9.17. The molecule has 4 rings (SSSR count). The van der Waals surface area contributed by atoms with E-state index in [1.807, 2.05) is 0 Å². The van der Waals surface area contributed by atoms with Gasteiger partial charge in [0.1, 0.15) is 0 Å². The van der Waals surface area contributed by atoms with Gasteiger partial charge in [-0.3, -0.25) is 0 Å². The maximum atomic E-state index is 2.48. The zero-order valence-corrected chi connectivity index (χ0v) is 14.4. The lowest BCUT2D eigenvalue weighted by molar-refractivity contribution is 0.686. The molecule has 0 unspecified atom stereocenters. The molecule has 0 nitrogen and oxygen atoms in total. The van der Waals surface area contributed by atoms with Crippen LogP contribution < -0.4 is 0 Å². The van der Waals surface area contributed by atoms with Gasteiger partial charge in [0.15, 0.2) is 0 Å². The SMILES string of the molecule is CCc1c(-c2ccccc2)cc2c(c1-c1ccccc1)CCCC2. The highest BCUT2D eigenvalue weighted by atomic mass is 14.2. The number of aryl methyl sites for hydroxylation is 1. The third-order valence-electron chi connectivity index (χ3n) is 5.26. The van der Waals surface area contributed by atoms with Gasteiger partial charge >= 0.3 is 0 Å². The summed E-state index contributed by atoms with van der Waals surface area (Å²) in [5.74, 6) is 0. The lowest BCUT2D eigenvalue weighted by Gasteiger charge is -2.25. The third-order valence-corrected chi connectivity index (χ3v) is 5.26. The first-order chi connectivity index (χ1) is 11.9. The van der Waals surface area contributed by atoms with E-state index in [0.29, 0.717) is 0 Å². The zero-order chi connectivity index (χ0) is 16.4. The van der Waals surface area contributed by atoms with Crippen LogP contribution in [0.3, 0.4) is 0 Å². The van der Waals surface area contributed by atoms with E-state index in [-0.39, 0.29) is 0 Å². The Labute approximate surface area is 145 Å². The lowest BCUT2D eigenvalue weighted by atomic mass is 9.79. The van der Waals surface area contributed by atoms with Gasteiger partial charge in [-0.2, -0.15) is 0 Å². The first-order valence-electron chi connectivity index (χ1n) is 9.17. The standard InChI is InChI=1S/C24H24/c1-2-21-23(18-11-5-3-6-12-18)17-20-15-9-10-16-22(20)24(21)19-13-7-4-8-14-19/h3-8,11-14,17H,2,9-10,15-16H2,1H3. The van der Waals surface area contributed by atoms with Crippen LogP contribution in [0.15, 0.2) is 66.7 Å². The fourth-order valence-corrected chi connectivity index (χ4v) is 4.15. The number of rotatable bonds is 3. The number of benzene rings is 3. The van der Waals surface area contributed by atoms with E-state index in [1.165, 1.54) is 53.5 Å². The van der Waals surface area contributed by atoms with Crippen molar-refractivity contribution in [2.24, 2.45) is 0 Å². The lowest BCUT2D eigenvalue weighted by Crippen LogP contribution is -2.08. The Hall–Kier alpha value is -2.34. The van der Waals surface area contributed by atoms with Crippen LogP contribution >= 0.6 is 0 Å². The van der Waals surface area contributed by atoms with E-state index in [0.717, 1.165) is 6.42 Å². The van der Waals surface area contributed by atoms with Crippen molar-refractivity contribution in [3.8, 4) is 22.3 Å². The summed E-state index contributed by atoms with van der Waals surface area (Å²) >= 11 is 0. The Morgan fingerprint density at radius 2 is 1.38 bits per heavy atom. The predicted octanol–water partition coefficient (Wildman–Crippen LogP) is 6.46. The van der Waals surface area contributed by atoms with Gasteiger partial charge in [-0.15, -0.1) is 0 Å². The molecular formula is C24H24. The topological polar surface area (TPSA) is 0 Å². The van der Waals surface area contributed by atoms with Gasteiger partial charge in [0.25, 0.3) is 0 Å². The number of fused-ring (bicyclic) bond motifs is 1. The summed E-state index contributed by atoms with van der Waals surface area (Å²) in [5.41, 5.74) is 10.3. The van der Waals surface area contributed by atoms with E-state index in [9.17, 15) is 0 Å². The molecule has 24 heavy (non-hydrogen) atoms. The second-order valence-electron chi connectivity index (χ2n) is 6.71. The summed E-state index contributed by atoms with van der Waals surface area (Å²) in [6, 6.07) is 24.4. The number of hydrogen-bond acceptors (Lipinski definition) is 0. The van der Waals surface area contributed by atoms with Crippen molar-refractivity contribution in [2.75, 3.05) is 0 Å². The second-order valence-corrected chi connectivity index (χ2v) is 6.71. The van der Waals surface area contributed by atoms with Gasteiger partial charge < -0.3 is 0 Å². The molecule has 0 bridgehead atoms. The minimum Gasteiger partial charge on any atom is -0.0622 e. The molecule has 0 heteroatoms.